The third-order valence-electron chi connectivity index (χ3n) is 19.7. The predicted molar refractivity (Wildman–Crippen MR) is 225 cm³/mol. The molecule has 7 unspecified atom stereocenters. The molecule has 0 N–H and O–H groups in total. The van der Waals surface area contributed by atoms with Crippen LogP contribution in [0.3, 0.4) is 0 Å². The Morgan fingerprint density at radius 2 is 1.53 bits per heavy atom. The highest BCUT2D eigenvalue weighted by Crippen LogP contribution is 2.83. The minimum absolute atomic E-state index is 0.0903. The van der Waals surface area contributed by atoms with Gasteiger partial charge in [0.2, 0.25) is 0 Å². The number of nitrogens with zero attached hydrogens (tertiary/aromatic N) is 2. The van der Waals surface area contributed by atoms with Crippen molar-refractivity contribution in [3.63, 3.8) is 0 Å². The van der Waals surface area contributed by atoms with Crippen LogP contribution < -0.4 is 15.8 Å². The van der Waals surface area contributed by atoms with Gasteiger partial charge in [-0.1, -0.05) is 62.4 Å². The number of fused-ring (bicyclic) bond motifs is 10. The minimum atomic E-state index is -0.0903. The molecule has 6 aromatic rings. The van der Waals surface area contributed by atoms with Crippen molar-refractivity contribution in [2.24, 2.45) is 40.9 Å². The molecule has 0 radical (unpaired) electrons. The molecule has 11 aliphatic rings. The van der Waals surface area contributed by atoms with E-state index < -0.39 is 0 Å². The smallest absolute Gasteiger partial charge is 0.333 e. The molecule has 8 saturated carbocycles. The molecule has 7 atom stereocenters. The third kappa shape index (κ3) is 2.79. The van der Waals surface area contributed by atoms with E-state index in [1.807, 2.05) is 0 Å². The monoisotopic (exact) mass is 710 g/mol. The van der Waals surface area contributed by atoms with E-state index in [1.165, 1.54) is 118 Å². The molecule has 55 heavy (non-hydrogen) atoms. The van der Waals surface area contributed by atoms with E-state index >= 15 is 0 Å². The zero-order valence-corrected chi connectivity index (χ0v) is 32.4. The number of hydrogen-bond donors (Lipinski definition) is 0. The maximum atomic E-state index is 2.86. The number of aryl methyl sites for hydroxylation is 1. The van der Waals surface area contributed by atoms with Crippen LogP contribution in [0.15, 0.2) is 84.9 Å². The van der Waals surface area contributed by atoms with Crippen molar-refractivity contribution in [3.8, 4) is 11.1 Å². The summed E-state index contributed by atoms with van der Waals surface area (Å²) < 4.78 is 2.86. The van der Waals surface area contributed by atoms with Gasteiger partial charge in [-0.15, -0.1) is 0 Å². The minimum Gasteiger partial charge on any atom is -0.375 e. The quantitative estimate of drug-likeness (QED) is 0.162. The Morgan fingerprint density at radius 1 is 0.691 bits per heavy atom. The number of rotatable bonds is 2. The lowest BCUT2D eigenvalue weighted by molar-refractivity contribution is -0.0834. The maximum Gasteiger partial charge on any atom is 0.333 e. The van der Waals surface area contributed by atoms with E-state index in [1.54, 1.807) is 28.3 Å². The fourth-order valence-electron chi connectivity index (χ4n) is 17.9. The van der Waals surface area contributed by atoms with Crippen molar-refractivity contribution in [1.29, 1.82) is 0 Å². The second-order valence-corrected chi connectivity index (χ2v) is 21.6. The highest BCUT2D eigenvalue weighted by Gasteiger charge is 2.76. The third-order valence-corrected chi connectivity index (χ3v) is 19.7. The molecule has 0 amide bonds. The van der Waals surface area contributed by atoms with Gasteiger partial charge in [0.1, 0.15) is 0 Å². The van der Waals surface area contributed by atoms with Crippen LogP contribution in [0, 0.1) is 47.8 Å². The Labute approximate surface area is 324 Å². The summed E-state index contributed by atoms with van der Waals surface area (Å²) in [6.07, 6.45) is 13.3. The normalized spacial score (nSPS) is 37.0. The molecule has 17 rings (SSSR count). The van der Waals surface area contributed by atoms with Crippen LogP contribution in [0.5, 0.6) is 0 Å². The molecule has 3 heteroatoms. The summed E-state index contributed by atoms with van der Waals surface area (Å²) in [5, 5.41) is 3.09. The van der Waals surface area contributed by atoms with Gasteiger partial charge in [0.15, 0.2) is 0 Å². The van der Waals surface area contributed by atoms with Gasteiger partial charge in [0.25, 0.3) is 0 Å². The van der Waals surface area contributed by atoms with Crippen molar-refractivity contribution < 1.29 is 0 Å². The molecule has 3 bridgehead atoms. The fourth-order valence-corrected chi connectivity index (χ4v) is 17.9. The van der Waals surface area contributed by atoms with Crippen molar-refractivity contribution in [2.75, 3.05) is 4.90 Å². The molecule has 4 heterocycles. The first-order valence-corrected chi connectivity index (χ1v) is 22.1. The Hall–Kier alpha value is -4.24. The maximum absolute atomic E-state index is 2.86. The van der Waals surface area contributed by atoms with Crippen molar-refractivity contribution in [1.82, 2.24) is 4.48 Å². The Kier molecular flexibility index (Phi) is 4.51. The van der Waals surface area contributed by atoms with E-state index in [0.29, 0.717) is 16.2 Å². The molecule has 0 saturated heterocycles. The Morgan fingerprint density at radius 3 is 2.36 bits per heavy atom. The van der Waals surface area contributed by atoms with Gasteiger partial charge in [-0.2, -0.15) is 0 Å². The molecule has 3 aliphatic heterocycles. The number of hydrogen-bond acceptors (Lipinski definition) is 1. The molecule has 2 nitrogen and oxygen atoms in total. The van der Waals surface area contributed by atoms with Crippen LogP contribution in [0.1, 0.15) is 99.5 Å². The van der Waals surface area contributed by atoms with E-state index in [0.717, 1.165) is 35.5 Å². The molecule has 268 valence electrons. The second-order valence-electron chi connectivity index (χ2n) is 21.6. The van der Waals surface area contributed by atoms with Gasteiger partial charge < -0.3 is 9.38 Å². The summed E-state index contributed by atoms with van der Waals surface area (Å²) >= 11 is 0. The lowest BCUT2D eigenvalue weighted by Gasteiger charge is -2.65. The lowest BCUT2D eigenvalue weighted by Crippen LogP contribution is -2.62. The molecular formula is C52H47BN2. The first-order valence-electron chi connectivity index (χ1n) is 22.1. The van der Waals surface area contributed by atoms with Crippen LogP contribution >= 0.6 is 0 Å². The second kappa shape index (κ2) is 8.53. The highest BCUT2D eigenvalue weighted by atomic mass is 15.2. The number of para-hydroxylation sites is 2. The fraction of sp³-hybridized carbons (Fsp3) is 0.423. The van der Waals surface area contributed by atoms with Gasteiger partial charge in [-0.25, -0.2) is 0 Å². The van der Waals surface area contributed by atoms with Crippen molar-refractivity contribution in [2.45, 2.75) is 94.8 Å². The number of aromatic nitrogens is 1. The molecule has 5 aromatic carbocycles. The summed E-state index contributed by atoms with van der Waals surface area (Å²) in [5.74, 6) is 5.74. The summed E-state index contributed by atoms with van der Waals surface area (Å²) in [6.45, 7) is 7.39. The van der Waals surface area contributed by atoms with Gasteiger partial charge in [-0.05, 0) is 192 Å². The molecule has 8 aliphatic carbocycles. The average Bonchev–Trinajstić information content (AvgIpc) is 3.90. The highest BCUT2D eigenvalue weighted by molar-refractivity contribution is 6.90. The Balaban J connectivity index is 1.03. The van der Waals surface area contributed by atoms with E-state index in [2.05, 4.69) is 115 Å². The predicted octanol–water partition coefficient (Wildman–Crippen LogP) is 10.9. The van der Waals surface area contributed by atoms with Gasteiger partial charge in [-0.3, -0.25) is 0 Å². The van der Waals surface area contributed by atoms with E-state index in [4.69, 9.17) is 0 Å². The van der Waals surface area contributed by atoms with Gasteiger partial charge >= 0.3 is 6.85 Å². The van der Waals surface area contributed by atoms with Crippen LogP contribution in [-0.2, 0) is 16.2 Å². The zero-order chi connectivity index (χ0) is 35.7. The first kappa shape index (κ1) is 29.1. The van der Waals surface area contributed by atoms with Crippen LogP contribution in [0.2, 0.25) is 0 Å². The molecule has 8 fully saturated rings. The zero-order valence-electron chi connectivity index (χ0n) is 32.4. The SMILES string of the molecule is Cc1cc2c3c(c1)N1c4ccccc4C(C)(C)c4cccc(c41)B3n1c3ccc(C45CC6CC7CC6(C4)C7C5)cc3c3cc(C45C6CCC4CC5C6)cc-2c31. The summed E-state index contributed by atoms with van der Waals surface area (Å²) in [6, 6.07) is 35.3. The van der Waals surface area contributed by atoms with Crippen molar-refractivity contribution in [3.05, 3.63) is 113 Å². The van der Waals surface area contributed by atoms with Gasteiger partial charge in [0.05, 0.1) is 5.69 Å². The van der Waals surface area contributed by atoms with E-state index in [-0.39, 0.29) is 12.3 Å². The Bertz CT molecular complexity index is 2860. The van der Waals surface area contributed by atoms with E-state index in [9.17, 15) is 0 Å². The van der Waals surface area contributed by atoms with Crippen LogP contribution in [0.25, 0.3) is 32.9 Å². The summed E-state index contributed by atoms with van der Waals surface area (Å²) in [4.78, 5) is 2.69. The standard InChI is InChI=1S/C52H47BN2/c1-27-15-36-38-22-33(52-30-11-12-31(52)19-32(52)18-30)21-37-35-20-29(50-24-34-17-28-23-51(34,26-50)41(28)25-50)13-14-43(35)55(47(37)38)53-42-9-6-8-40-48(42)54(45(16-27)46(36)53)44-10-5-4-7-39(44)49(40,2)3/h4-10,13-16,20-22,28,30-32,34,41H,11-12,17-19,23-26H2,1-3H3. The first-order chi connectivity index (χ1) is 26.8. The topological polar surface area (TPSA) is 8.17 Å². The average molecular weight is 711 g/mol. The van der Waals surface area contributed by atoms with Gasteiger partial charge in [0, 0.05) is 49.6 Å². The summed E-state index contributed by atoms with van der Waals surface area (Å²) in [7, 11) is 0. The lowest BCUT2D eigenvalue weighted by atomic mass is 9.38. The number of anilines is 3. The molecule has 1 spiro atoms. The number of benzene rings is 5. The molecular weight excluding hydrogens is 663 g/mol. The molecule has 1 aromatic heterocycles. The summed E-state index contributed by atoms with van der Waals surface area (Å²) in [5.41, 5.74) is 22.2. The van der Waals surface area contributed by atoms with Crippen molar-refractivity contribution >= 4 is 56.6 Å². The van der Waals surface area contributed by atoms with Crippen LogP contribution in [0.4, 0.5) is 17.1 Å². The van der Waals surface area contributed by atoms with Crippen LogP contribution in [-0.4, -0.2) is 11.3 Å². The largest absolute Gasteiger partial charge is 0.375 e.